The number of hydrogen-bond donors (Lipinski definition) is 3. The molecule has 0 heterocycles. The van der Waals surface area contributed by atoms with E-state index in [0.29, 0.717) is 18.4 Å². The summed E-state index contributed by atoms with van der Waals surface area (Å²) in [6.45, 7) is 3.84. The SMILES string of the molecule is CCC(CC)(NC(=O)c1cccc(O)c1)C(N)=S. The number of amides is 1. The lowest BCUT2D eigenvalue weighted by molar-refractivity contribution is 0.0919. The van der Waals surface area contributed by atoms with Gasteiger partial charge in [0.2, 0.25) is 0 Å². The van der Waals surface area contributed by atoms with Crippen molar-refractivity contribution in [2.24, 2.45) is 5.73 Å². The van der Waals surface area contributed by atoms with E-state index in [2.05, 4.69) is 5.32 Å². The molecule has 1 rings (SSSR count). The predicted octanol–water partition coefficient (Wildman–Crippen LogP) is 1.97. The molecular weight excluding hydrogens is 248 g/mol. The molecule has 1 aromatic rings. The Morgan fingerprint density at radius 2 is 2.06 bits per heavy atom. The van der Waals surface area contributed by atoms with Crippen LogP contribution in [0.25, 0.3) is 0 Å². The zero-order valence-corrected chi connectivity index (χ0v) is 11.4. The van der Waals surface area contributed by atoms with E-state index >= 15 is 0 Å². The van der Waals surface area contributed by atoms with Crippen molar-refractivity contribution < 1.29 is 9.90 Å². The van der Waals surface area contributed by atoms with Gasteiger partial charge in [0.1, 0.15) is 5.75 Å². The van der Waals surface area contributed by atoms with Gasteiger partial charge in [-0.1, -0.05) is 32.1 Å². The summed E-state index contributed by atoms with van der Waals surface area (Å²) in [7, 11) is 0. The lowest BCUT2D eigenvalue weighted by atomic mass is 9.92. The minimum Gasteiger partial charge on any atom is -0.508 e. The van der Waals surface area contributed by atoms with E-state index in [4.69, 9.17) is 18.0 Å². The van der Waals surface area contributed by atoms with Gasteiger partial charge in [-0.15, -0.1) is 0 Å². The third-order valence-electron chi connectivity index (χ3n) is 3.14. The van der Waals surface area contributed by atoms with Gasteiger partial charge in [-0.05, 0) is 31.0 Å². The second kappa shape index (κ2) is 5.82. The first-order valence-electron chi connectivity index (χ1n) is 5.86. The molecule has 98 valence electrons. The molecule has 0 fully saturated rings. The highest BCUT2D eigenvalue weighted by atomic mass is 32.1. The molecule has 18 heavy (non-hydrogen) atoms. The van der Waals surface area contributed by atoms with Crippen LogP contribution in [0.2, 0.25) is 0 Å². The molecule has 0 radical (unpaired) electrons. The Labute approximate surface area is 112 Å². The normalized spacial score (nSPS) is 11.0. The van der Waals surface area contributed by atoms with Gasteiger partial charge >= 0.3 is 0 Å². The monoisotopic (exact) mass is 266 g/mol. The number of nitrogens with two attached hydrogens (primary N) is 1. The summed E-state index contributed by atoms with van der Waals surface area (Å²) >= 11 is 5.04. The van der Waals surface area contributed by atoms with Gasteiger partial charge in [-0.2, -0.15) is 0 Å². The average Bonchev–Trinajstić information content (AvgIpc) is 2.35. The van der Waals surface area contributed by atoms with E-state index in [1.165, 1.54) is 12.1 Å². The second-order valence-corrected chi connectivity index (χ2v) is 4.60. The number of benzene rings is 1. The van der Waals surface area contributed by atoms with Gasteiger partial charge in [0.25, 0.3) is 5.91 Å². The Morgan fingerprint density at radius 1 is 1.44 bits per heavy atom. The van der Waals surface area contributed by atoms with Crippen LogP contribution in [0.3, 0.4) is 0 Å². The molecule has 0 aromatic heterocycles. The van der Waals surface area contributed by atoms with E-state index in [1.807, 2.05) is 13.8 Å². The summed E-state index contributed by atoms with van der Waals surface area (Å²) in [4.78, 5) is 12.4. The Bertz CT molecular complexity index is 456. The zero-order valence-electron chi connectivity index (χ0n) is 10.6. The summed E-state index contributed by atoms with van der Waals surface area (Å²) in [5, 5.41) is 12.2. The van der Waals surface area contributed by atoms with Crippen LogP contribution in [0, 0.1) is 0 Å². The Balaban J connectivity index is 2.95. The smallest absolute Gasteiger partial charge is 0.252 e. The van der Waals surface area contributed by atoms with E-state index in [-0.39, 0.29) is 16.6 Å². The zero-order chi connectivity index (χ0) is 13.8. The first kappa shape index (κ1) is 14.4. The van der Waals surface area contributed by atoms with Crippen LogP contribution in [0.15, 0.2) is 24.3 Å². The molecule has 1 aromatic carbocycles. The van der Waals surface area contributed by atoms with E-state index in [0.717, 1.165) is 0 Å². The molecule has 1 amide bonds. The molecule has 4 N–H and O–H groups in total. The van der Waals surface area contributed by atoms with Gasteiger partial charge in [0.15, 0.2) is 0 Å². The Kier molecular flexibility index (Phi) is 4.67. The molecule has 0 aliphatic heterocycles. The van der Waals surface area contributed by atoms with Crippen LogP contribution in [-0.4, -0.2) is 21.5 Å². The minimum atomic E-state index is -0.669. The van der Waals surface area contributed by atoms with E-state index < -0.39 is 5.54 Å². The van der Waals surface area contributed by atoms with E-state index in [9.17, 15) is 9.90 Å². The Hall–Kier alpha value is -1.62. The highest BCUT2D eigenvalue weighted by Crippen LogP contribution is 2.18. The molecule has 0 aliphatic carbocycles. The van der Waals surface area contributed by atoms with Crippen molar-refractivity contribution in [2.45, 2.75) is 32.2 Å². The van der Waals surface area contributed by atoms with Crippen molar-refractivity contribution in [3.63, 3.8) is 0 Å². The summed E-state index contributed by atoms with van der Waals surface area (Å²) in [5.74, 6) is -0.237. The maximum absolute atomic E-state index is 12.1. The molecule has 4 nitrogen and oxygen atoms in total. The van der Waals surface area contributed by atoms with Gasteiger partial charge in [0, 0.05) is 5.56 Å². The largest absolute Gasteiger partial charge is 0.508 e. The second-order valence-electron chi connectivity index (χ2n) is 4.16. The van der Waals surface area contributed by atoms with Crippen LogP contribution in [0.4, 0.5) is 0 Å². The molecule has 0 aliphatic rings. The number of nitrogens with one attached hydrogen (secondary N) is 1. The number of rotatable bonds is 5. The van der Waals surface area contributed by atoms with Gasteiger partial charge in [-0.25, -0.2) is 0 Å². The number of carbonyl (C=O) groups excluding carboxylic acids is 1. The molecule has 0 saturated heterocycles. The van der Waals surface area contributed by atoms with Crippen LogP contribution < -0.4 is 11.1 Å². The quantitative estimate of drug-likeness (QED) is 0.712. The number of thiocarbonyl (C=S) groups is 1. The standard InChI is InChI=1S/C13H18N2O2S/c1-3-13(4-2,12(14)18)15-11(17)9-6-5-7-10(16)8-9/h5-8,16H,3-4H2,1-2H3,(H2,14,18)(H,15,17). The van der Waals surface area contributed by atoms with Crippen molar-refractivity contribution in [1.29, 1.82) is 0 Å². The van der Waals surface area contributed by atoms with Crippen molar-refractivity contribution in [2.75, 3.05) is 0 Å². The van der Waals surface area contributed by atoms with Gasteiger partial charge in [0.05, 0.1) is 10.5 Å². The number of phenols is 1. The number of carbonyl (C=O) groups is 1. The van der Waals surface area contributed by atoms with E-state index in [1.54, 1.807) is 12.1 Å². The van der Waals surface area contributed by atoms with Gasteiger partial charge < -0.3 is 16.2 Å². The highest BCUT2D eigenvalue weighted by Gasteiger charge is 2.31. The number of hydrogen-bond acceptors (Lipinski definition) is 3. The summed E-state index contributed by atoms with van der Waals surface area (Å²) < 4.78 is 0. The average molecular weight is 266 g/mol. The summed E-state index contributed by atoms with van der Waals surface area (Å²) in [6, 6.07) is 6.16. The fourth-order valence-electron chi connectivity index (χ4n) is 1.77. The molecular formula is C13H18N2O2S. The van der Waals surface area contributed by atoms with Crippen molar-refractivity contribution in [3.05, 3.63) is 29.8 Å². The van der Waals surface area contributed by atoms with Crippen molar-refractivity contribution in [1.82, 2.24) is 5.32 Å². The molecule has 0 unspecified atom stereocenters. The molecule has 5 heteroatoms. The molecule has 0 atom stereocenters. The summed E-state index contributed by atoms with van der Waals surface area (Å²) in [6.07, 6.45) is 1.26. The van der Waals surface area contributed by atoms with Crippen LogP contribution in [-0.2, 0) is 0 Å². The van der Waals surface area contributed by atoms with Crippen LogP contribution >= 0.6 is 12.2 Å². The summed E-state index contributed by atoms with van der Waals surface area (Å²) in [5.41, 5.74) is 5.43. The highest BCUT2D eigenvalue weighted by molar-refractivity contribution is 7.80. The van der Waals surface area contributed by atoms with Crippen molar-refractivity contribution >= 4 is 23.1 Å². The number of phenolic OH excluding ortho intramolecular Hbond substituents is 1. The number of aromatic hydroxyl groups is 1. The molecule has 0 spiro atoms. The van der Waals surface area contributed by atoms with Crippen LogP contribution in [0.1, 0.15) is 37.0 Å². The molecule has 0 bridgehead atoms. The van der Waals surface area contributed by atoms with Gasteiger partial charge in [-0.3, -0.25) is 4.79 Å². The maximum Gasteiger partial charge on any atom is 0.252 e. The maximum atomic E-state index is 12.1. The predicted molar refractivity (Wildman–Crippen MR) is 75.7 cm³/mol. The molecule has 0 saturated carbocycles. The lowest BCUT2D eigenvalue weighted by Crippen LogP contribution is -2.55. The first-order valence-corrected chi connectivity index (χ1v) is 6.27. The minimum absolute atomic E-state index is 0.0524. The third-order valence-corrected chi connectivity index (χ3v) is 3.53. The Morgan fingerprint density at radius 3 is 2.50 bits per heavy atom. The third kappa shape index (κ3) is 2.98. The van der Waals surface area contributed by atoms with Crippen molar-refractivity contribution in [3.8, 4) is 5.75 Å². The lowest BCUT2D eigenvalue weighted by Gasteiger charge is -2.31. The topological polar surface area (TPSA) is 75.3 Å². The fraction of sp³-hybridized carbons (Fsp3) is 0.385. The first-order chi connectivity index (χ1) is 8.45. The fourth-order valence-corrected chi connectivity index (χ4v) is 2.11. The van der Waals surface area contributed by atoms with Crippen LogP contribution in [0.5, 0.6) is 5.75 Å².